The number of halogens is 1. The Hall–Kier alpha value is -2.03. The predicted molar refractivity (Wildman–Crippen MR) is 95.6 cm³/mol. The lowest BCUT2D eigenvalue weighted by molar-refractivity contribution is 0.187. The zero-order valence-electron chi connectivity index (χ0n) is 13.8. The van der Waals surface area contributed by atoms with Crippen LogP contribution in [-0.4, -0.2) is 26.7 Å². The minimum atomic E-state index is -3.86. The fraction of sp³-hybridized carbons (Fsp3) is 0.235. The normalized spacial score (nSPS) is 12.8. The van der Waals surface area contributed by atoms with E-state index in [9.17, 15) is 12.8 Å². The van der Waals surface area contributed by atoms with Gasteiger partial charge in [-0.05, 0) is 37.3 Å². The largest absolute Gasteiger partial charge is 0.383 e. The van der Waals surface area contributed by atoms with Gasteiger partial charge in [0.05, 0.1) is 21.7 Å². The van der Waals surface area contributed by atoms with Crippen molar-refractivity contribution < 1.29 is 17.5 Å². The Labute approximate surface area is 149 Å². The van der Waals surface area contributed by atoms with Gasteiger partial charge in [0.1, 0.15) is 5.82 Å². The lowest BCUT2D eigenvalue weighted by Gasteiger charge is -2.04. The molecule has 0 amide bonds. The van der Waals surface area contributed by atoms with Gasteiger partial charge in [-0.1, -0.05) is 29.0 Å². The molecule has 3 rings (SSSR count). The van der Waals surface area contributed by atoms with Crippen LogP contribution in [0.15, 0.2) is 51.8 Å². The van der Waals surface area contributed by atoms with Crippen LogP contribution in [0.4, 0.5) is 4.39 Å². The zero-order chi connectivity index (χ0) is 18.0. The second kappa shape index (κ2) is 7.07. The third-order valence-electron chi connectivity index (χ3n) is 3.68. The van der Waals surface area contributed by atoms with Gasteiger partial charge in [-0.15, -0.1) is 4.40 Å². The highest BCUT2D eigenvalue weighted by molar-refractivity contribution is 7.90. The summed E-state index contributed by atoms with van der Waals surface area (Å²) in [6, 6.07) is 10.8. The first-order valence-corrected chi connectivity index (χ1v) is 9.82. The van der Waals surface area contributed by atoms with Crippen molar-refractivity contribution in [2.45, 2.75) is 18.4 Å². The Morgan fingerprint density at radius 2 is 1.92 bits per heavy atom. The van der Waals surface area contributed by atoms with Crippen molar-refractivity contribution in [1.29, 1.82) is 0 Å². The number of ether oxygens (including phenoxy) is 1. The lowest BCUT2D eigenvalue weighted by atomic mass is 10.2. The molecule has 0 aliphatic heterocycles. The van der Waals surface area contributed by atoms with Gasteiger partial charge >= 0.3 is 0 Å². The van der Waals surface area contributed by atoms with Gasteiger partial charge in [-0.25, -0.2) is 4.39 Å². The third-order valence-corrected chi connectivity index (χ3v) is 6.12. The van der Waals surface area contributed by atoms with Gasteiger partial charge in [0.15, 0.2) is 0 Å². The molecule has 1 aromatic heterocycles. The first-order valence-electron chi connectivity index (χ1n) is 7.56. The summed E-state index contributed by atoms with van der Waals surface area (Å²) in [5, 5.41) is 0. The molecule has 0 bridgehead atoms. The number of hydrogen-bond donors (Lipinski definition) is 0. The van der Waals surface area contributed by atoms with Gasteiger partial charge in [0.25, 0.3) is 10.0 Å². The molecular formula is C17H17FN2O3S2. The molecule has 0 N–H and O–H groups in total. The summed E-state index contributed by atoms with van der Waals surface area (Å²) in [4.78, 5) is 0.415. The summed E-state index contributed by atoms with van der Waals surface area (Å²) < 4.78 is 50.1. The van der Waals surface area contributed by atoms with Crippen LogP contribution in [0.2, 0.25) is 0 Å². The monoisotopic (exact) mass is 380 g/mol. The lowest BCUT2D eigenvalue weighted by Crippen LogP contribution is -2.19. The molecule has 0 spiro atoms. The number of hydrogen-bond acceptors (Lipinski definition) is 4. The third kappa shape index (κ3) is 3.81. The number of nitrogens with zero attached hydrogens (tertiary/aromatic N) is 2. The minimum Gasteiger partial charge on any atom is -0.383 e. The van der Waals surface area contributed by atoms with E-state index in [0.29, 0.717) is 22.7 Å². The van der Waals surface area contributed by atoms with Gasteiger partial charge in [-0.2, -0.15) is 8.42 Å². The Kier molecular flexibility index (Phi) is 5.03. The molecule has 1 heterocycles. The molecule has 8 heteroatoms. The van der Waals surface area contributed by atoms with Crippen molar-refractivity contribution in [3.63, 3.8) is 0 Å². The summed E-state index contributed by atoms with van der Waals surface area (Å²) in [5.41, 5.74) is 1.69. The van der Waals surface area contributed by atoms with E-state index in [1.807, 2.05) is 6.92 Å². The maximum Gasteiger partial charge on any atom is 0.285 e. The summed E-state index contributed by atoms with van der Waals surface area (Å²) in [6.07, 6.45) is 0. The number of sulfonamides is 1. The van der Waals surface area contributed by atoms with Crippen molar-refractivity contribution in [3.05, 3.63) is 58.6 Å². The van der Waals surface area contributed by atoms with Crippen LogP contribution in [0.5, 0.6) is 0 Å². The van der Waals surface area contributed by atoms with E-state index in [-0.39, 0.29) is 10.7 Å². The molecular weight excluding hydrogens is 363 g/mol. The van der Waals surface area contributed by atoms with Crippen molar-refractivity contribution in [1.82, 2.24) is 4.57 Å². The highest BCUT2D eigenvalue weighted by Gasteiger charge is 2.15. The number of aryl methyl sites for hydroxylation is 1. The van der Waals surface area contributed by atoms with Crippen LogP contribution in [0.3, 0.4) is 0 Å². The molecule has 0 radical (unpaired) electrons. The van der Waals surface area contributed by atoms with Crippen LogP contribution >= 0.6 is 11.3 Å². The highest BCUT2D eigenvalue weighted by Crippen LogP contribution is 2.20. The highest BCUT2D eigenvalue weighted by atomic mass is 32.2. The number of fused-ring (bicyclic) bond motifs is 1. The predicted octanol–water partition coefficient (Wildman–Crippen LogP) is 3.09. The van der Waals surface area contributed by atoms with Gasteiger partial charge in [-0.3, -0.25) is 0 Å². The first-order chi connectivity index (χ1) is 11.9. The number of rotatable bonds is 5. The fourth-order valence-corrected chi connectivity index (χ4v) is 4.67. The molecule has 0 saturated heterocycles. The molecule has 132 valence electrons. The molecule has 0 unspecified atom stereocenters. The molecule has 25 heavy (non-hydrogen) atoms. The smallest absolute Gasteiger partial charge is 0.285 e. The topological polar surface area (TPSA) is 60.7 Å². The molecule has 0 aliphatic carbocycles. The summed E-state index contributed by atoms with van der Waals surface area (Å²) in [5.74, 6) is -0.374. The van der Waals surface area contributed by atoms with Crippen molar-refractivity contribution >= 4 is 31.6 Å². The molecule has 0 saturated carbocycles. The SMILES string of the molecule is COCCn1/c(=N/S(=O)(=O)c2ccc(C)cc2)sc2cc(F)ccc21. The van der Waals surface area contributed by atoms with E-state index in [0.717, 1.165) is 22.4 Å². The van der Waals surface area contributed by atoms with Crippen molar-refractivity contribution in [2.24, 2.45) is 4.40 Å². The maximum absolute atomic E-state index is 13.5. The second-order valence-corrected chi connectivity index (χ2v) is 8.13. The minimum absolute atomic E-state index is 0.125. The van der Waals surface area contributed by atoms with Crippen LogP contribution in [0.1, 0.15) is 5.56 Å². The Morgan fingerprint density at radius 1 is 1.20 bits per heavy atom. The Morgan fingerprint density at radius 3 is 2.60 bits per heavy atom. The first kappa shape index (κ1) is 17.8. The number of thiazole rings is 1. The molecule has 0 fully saturated rings. The van der Waals surface area contributed by atoms with E-state index in [2.05, 4.69) is 4.40 Å². The number of methoxy groups -OCH3 is 1. The summed E-state index contributed by atoms with van der Waals surface area (Å²) in [7, 11) is -2.29. The van der Waals surface area contributed by atoms with Crippen LogP contribution in [0.25, 0.3) is 10.2 Å². The van der Waals surface area contributed by atoms with Crippen LogP contribution < -0.4 is 4.80 Å². The second-order valence-electron chi connectivity index (χ2n) is 5.52. The summed E-state index contributed by atoms with van der Waals surface area (Å²) in [6.45, 7) is 2.69. The van der Waals surface area contributed by atoms with E-state index >= 15 is 0 Å². The quantitative estimate of drug-likeness (QED) is 0.683. The van der Waals surface area contributed by atoms with Crippen molar-refractivity contribution in [2.75, 3.05) is 13.7 Å². The van der Waals surface area contributed by atoms with E-state index in [1.54, 1.807) is 29.9 Å². The molecule has 5 nitrogen and oxygen atoms in total. The summed E-state index contributed by atoms with van der Waals surface area (Å²) >= 11 is 1.13. The standard InChI is InChI=1S/C17H17FN2O3S2/c1-12-3-6-14(7-4-12)25(21,22)19-17-20(9-10-23-2)15-8-5-13(18)11-16(15)24-17/h3-8,11H,9-10H2,1-2H3/b19-17-. The number of benzene rings is 2. The zero-order valence-corrected chi connectivity index (χ0v) is 15.4. The Bertz CT molecular complexity index is 1070. The molecule has 3 aromatic rings. The van der Waals surface area contributed by atoms with Crippen LogP contribution in [-0.2, 0) is 21.3 Å². The van der Waals surface area contributed by atoms with E-state index in [4.69, 9.17) is 4.74 Å². The molecule has 0 aliphatic rings. The molecule has 2 aromatic carbocycles. The fourth-order valence-electron chi connectivity index (χ4n) is 2.38. The number of aromatic nitrogens is 1. The van der Waals surface area contributed by atoms with Gasteiger partial charge < -0.3 is 9.30 Å². The Balaban J connectivity index is 2.18. The van der Waals surface area contributed by atoms with Gasteiger partial charge in [0.2, 0.25) is 4.80 Å². The average molecular weight is 380 g/mol. The van der Waals surface area contributed by atoms with E-state index < -0.39 is 10.0 Å². The van der Waals surface area contributed by atoms with Gasteiger partial charge in [0, 0.05) is 13.7 Å². The molecule has 0 atom stereocenters. The van der Waals surface area contributed by atoms with E-state index in [1.165, 1.54) is 24.3 Å². The van der Waals surface area contributed by atoms with Crippen LogP contribution in [0, 0.1) is 12.7 Å². The average Bonchev–Trinajstić information content (AvgIpc) is 2.88. The maximum atomic E-state index is 13.5. The van der Waals surface area contributed by atoms with Crippen molar-refractivity contribution in [3.8, 4) is 0 Å².